The summed E-state index contributed by atoms with van der Waals surface area (Å²) in [4.78, 5) is 26.3. The number of halogens is 4. The van der Waals surface area contributed by atoms with Crippen LogP contribution < -0.4 is 10.2 Å². The van der Waals surface area contributed by atoms with Crippen molar-refractivity contribution >= 4 is 39.1 Å². The number of nitrogens with zero attached hydrogens (tertiary/aromatic N) is 2. The number of hydrogen-bond donors (Lipinski definition) is 1. The van der Waals surface area contributed by atoms with Crippen LogP contribution in [0.25, 0.3) is 0 Å². The highest BCUT2D eigenvalue weighted by molar-refractivity contribution is 9.10. The predicted molar refractivity (Wildman–Crippen MR) is 103 cm³/mol. The molecule has 0 aromatic heterocycles. The van der Waals surface area contributed by atoms with Gasteiger partial charge in [-0.05, 0) is 52.3 Å². The van der Waals surface area contributed by atoms with E-state index in [2.05, 4.69) is 21.2 Å². The summed E-state index contributed by atoms with van der Waals surface area (Å²) in [6.07, 6.45) is -4.84. The summed E-state index contributed by atoms with van der Waals surface area (Å²) in [6, 6.07) is 14.1. The second-order valence-electron chi connectivity index (χ2n) is 6.26. The molecular formula is C19H17BrF3N3O2. The standard InChI is InChI=1S/C19H17BrF3N3O2/c20-16-4-2-1-3-15(16)17(27)24-13-5-7-14(8-6-13)25-9-11-26(12-10-25)18(28)19(21,22)23/h1-8H,9-12H2,(H,24,27). The van der Waals surface area contributed by atoms with E-state index in [0.29, 0.717) is 28.8 Å². The number of amides is 2. The summed E-state index contributed by atoms with van der Waals surface area (Å²) in [5, 5.41) is 2.80. The van der Waals surface area contributed by atoms with Crippen LogP contribution in [0.2, 0.25) is 0 Å². The van der Waals surface area contributed by atoms with Crippen LogP contribution >= 0.6 is 15.9 Å². The lowest BCUT2D eigenvalue weighted by molar-refractivity contribution is -0.185. The minimum Gasteiger partial charge on any atom is -0.368 e. The van der Waals surface area contributed by atoms with Crippen molar-refractivity contribution in [2.24, 2.45) is 0 Å². The van der Waals surface area contributed by atoms with Gasteiger partial charge in [-0.3, -0.25) is 9.59 Å². The third-order valence-electron chi connectivity index (χ3n) is 4.42. The molecule has 0 unspecified atom stereocenters. The third-order valence-corrected chi connectivity index (χ3v) is 5.11. The Kier molecular flexibility index (Phi) is 5.93. The minimum atomic E-state index is -4.84. The van der Waals surface area contributed by atoms with E-state index >= 15 is 0 Å². The van der Waals surface area contributed by atoms with Crippen LogP contribution in [0.4, 0.5) is 24.5 Å². The first kappa shape index (κ1) is 20.2. The summed E-state index contributed by atoms with van der Waals surface area (Å²) in [7, 11) is 0. The fourth-order valence-electron chi connectivity index (χ4n) is 2.95. The van der Waals surface area contributed by atoms with Crippen LogP contribution in [-0.2, 0) is 4.79 Å². The van der Waals surface area contributed by atoms with Gasteiger partial charge in [0.1, 0.15) is 0 Å². The molecule has 1 N–H and O–H groups in total. The predicted octanol–water partition coefficient (Wildman–Crippen LogP) is 3.91. The third kappa shape index (κ3) is 4.64. The van der Waals surface area contributed by atoms with Crippen molar-refractivity contribution < 1.29 is 22.8 Å². The molecule has 9 heteroatoms. The van der Waals surface area contributed by atoms with Gasteiger partial charge >= 0.3 is 12.1 Å². The van der Waals surface area contributed by atoms with Crippen molar-refractivity contribution in [3.8, 4) is 0 Å². The van der Waals surface area contributed by atoms with Crippen molar-refractivity contribution in [1.82, 2.24) is 4.90 Å². The van der Waals surface area contributed by atoms with Gasteiger partial charge in [0.15, 0.2) is 0 Å². The maximum absolute atomic E-state index is 12.5. The molecular weight excluding hydrogens is 439 g/mol. The molecule has 2 amide bonds. The van der Waals surface area contributed by atoms with E-state index in [4.69, 9.17) is 0 Å². The number of carbonyl (C=O) groups is 2. The fraction of sp³-hybridized carbons (Fsp3) is 0.263. The highest BCUT2D eigenvalue weighted by atomic mass is 79.9. The van der Waals surface area contributed by atoms with E-state index in [1.54, 1.807) is 42.5 Å². The molecule has 1 heterocycles. The molecule has 3 rings (SSSR count). The number of hydrogen-bond acceptors (Lipinski definition) is 3. The molecule has 0 spiro atoms. The first-order valence-electron chi connectivity index (χ1n) is 8.53. The summed E-state index contributed by atoms with van der Waals surface area (Å²) >= 11 is 3.34. The van der Waals surface area contributed by atoms with Gasteiger partial charge < -0.3 is 15.1 Å². The molecule has 0 radical (unpaired) electrons. The minimum absolute atomic E-state index is 0.0128. The van der Waals surface area contributed by atoms with E-state index in [9.17, 15) is 22.8 Å². The second-order valence-corrected chi connectivity index (χ2v) is 7.11. The molecule has 148 valence electrons. The lowest BCUT2D eigenvalue weighted by Gasteiger charge is -2.36. The first-order valence-corrected chi connectivity index (χ1v) is 9.32. The van der Waals surface area contributed by atoms with Gasteiger partial charge in [-0.2, -0.15) is 13.2 Å². The van der Waals surface area contributed by atoms with Gasteiger partial charge in [0, 0.05) is 42.0 Å². The molecule has 2 aromatic rings. The maximum Gasteiger partial charge on any atom is 0.471 e. The first-order chi connectivity index (χ1) is 13.3. The molecule has 0 atom stereocenters. The van der Waals surface area contributed by atoms with E-state index in [0.717, 1.165) is 10.6 Å². The van der Waals surface area contributed by atoms with Crippen molar-refractivity contribution in [2.45, 2.75) is 6.18 Å². The van der Waals surface area contributed by atoms with Gasteiger partial charge in [-0.1, -0.05) is 12.1 Å². The Hall–Kier alpha value is -2.55. The summed E-state index contributed by atoms with van der Waals surface area (Å²) in [5.74, 6) is -2.04. The number of benzene rings is 2. The van der Waals surface area contributed by atoms with Crippen LogP contribution in [0.5, 0.6) is 0 Å². The normalized spacial score (nSPS) is 14.7. The van der Waals surface area contributed by atoms with Crippen LogP contribution in [0, 0.1) is 0 Å². The molecule has 1 aliphatic rings. The molecule has 0 aliphatic carbocycles. The summed E-state index contributed by atoms with van der Waals surface area (Å²) in [6.45, 7) is 0.646. The highest BCUT2D eigenvalue weighted by Gasteiger charge is 2.43. The molecule has 0 saturated carbocycles. The molecule has 1 saturated heterocycles. The average Bonchev–Trinajstić information content (AvgIpc) is 2.68. The van der Waals surface area contributed by atoms with Crippen LogP contribution in [0.3, 0.4) is 0 Å². The average molecular weight is 456 g/mol. The van der Waals surface area contributed by atoms with Crippen LogP contribution in [0.1, 0.15) is 10.4 Å². The molecule has 5 nitrogen and oxygen atoms in total. The zero-order chi connectivity index (χ0) is 20.3. The van der Waals surface area contributed by atoms with Crippen molar-refractivity contribution in [1.29, 1.82) is 0 Å². The Balaban J connectivity index is 1.59. The van der Waals surface area contributed by atoms with E-state index in [1.807, 2.05) is 11.0 Å². The Morgan fingerprint density at radius 1 is 0.929 bits per heavy atom. The molecule has 28 heavy (non-hydrogen) atoms. The highest BCUT2D eigenvalue weighted by Crippen LogP contribution is 2.24. The molecule has 1 aliphatic heterocycles. The number of nitrogens with one attached hydrogen (secondary N) is 1. The Bertz CT molecular complexity index is 863. The Morgan fingerprint density at radius 2 is 1.54 bits per heavy atom. The van der Waals surface area contributed by atoms with Crippen LogP contribution in [0.15, 0.2) is 53.0 Å². The Labute approximate surface area is 168 Å². The SMILES string of the molecule is O=C(Nc1ccc(N2CCN(C(=O)C(F)(F)F)CC2)cc1)c1ccccc1Br. The Morgan fingerprint density at radius 3 is 2.11 bits per heavy atom. The maximum atomic E-state index is 12.5. The van der Waals surface area contributed by atoms with Crippen LogP contribution in [-0.4, -0.2) is 49.1 Å². The zero-order valence-electron chi connectivity index (χ0n) is 14.7. The summed E-state index contributed by atoms with van der Waals surface area (Å²) in [5.41, 5.74) is 1.94. The van der Waals surface area contributed by atoms with Crippen molar-refractivity contribution in [2.75, 3.05) is 36.4 Å². The zero-order valence-corrected chi connectivity index (χ0v) is 16.3. The number of alkyl halides is 3. The van der Waals surface area contributed by atoms with E-state index < -0.39 is 12.1 Å². The number of piperazine rings is 1. The largest absolute Gasteiger partial charge is 0.471 e. The van der Waals surface area contributed by atoms with Gasteiger partial charge in [-0.25, -0.2) is 0 Å². The van der Waals surface area contributed by atoms with Gasteiger partial charge in [0.25, 0.3) is 5.91 Å². The summed E-state index contributed by atoms with van der Waals surface area (Å²) < 4.78 is 38.2. The monoisotopic (exact) mass is 455 g/mol. The smallest absolute Gasteiger partial charge is 0.368 e. The quantitative estimate of drug-likeness (QED) is 0.763. The second kappa shape index (κ2) is 8.22. The van der Waals surface area contributed by atoms with Gasteiger partial charge in [-0.15, -0.1) is 0 Å². The topological polar surface area (TPSA) is 52.7 Å². The lowest BCUT2D eigenvalue weighted by Crippen LogP contribution is -2.52. The molecule has 2 aromatic carbocycles. The van der Waals surface area contributed by atoms with Crippen molar-refractivity contribution in [3.63, 3.8) is 0 Å². The van der Waals surface area contributed by atoms with Gasteiger partial charge in [0.05, 0.1) is 5.56 Å². The van der Waals surface area contributed by atoms with Crippen molar-refractivity contribution in [3.05, 3.63) is 58.6 Å². The number of carbonyl (C=O) groups excluding carboxylic acids is 2. The van der Waals surface area contributed by atoms with E-state index in [-0.39, 0.29) is 19.0 Å². The number of rotatable bonds is 3. The lowest BCUT2D eigenvalue weighted by atomic mass is 10.2. The van der Waals surface area contributed by atoms with E-state index in [1.165, 1.54) is 0 Å². The van der Waals surface area contributed by atoms with Gasteiger partial charge in [0.2, 0.25) is 0 Å². The molecule has 1 fully saturated rings. The number of anilines is 2. The fourth-order valence-corrected chi connectivity index (χ4v) is 3.41. The molecule has 0 bridgehead atoms.